The fourth-order valence-electron chi connectivity index (χ4n) is 2.50. The molecule has 6 nitrogen and oxygen atoms in total. The van der Waals surface area contributed by atoms with Gasteiger partial charge in [-0.25, -0.2) is 0 Å². The van der Waals surface area contributed by atoms with Crippen molar-refractivity contribution in [3.8, 4) is 5.75 Å². The normalized spacial score (nSPS) is 27.1. The monoisotopic (exact) mass is 364 g/mol. The lowest BCUT2D eigenvalue weighted by Crippen LogP contribution is -2.73. The lowest BCUT2D eigenvalue weighted by atomic mass is 9.82. The first-order valence-electron chi connectivity index (χ1n) is 6.93. The number of alkyl halides is 3. The minimum absolute atomic E-state index is 0.103. The van der Waals surface area contributed by atoms with Crippen LogP contribution in [0.3, 0.4) is 0 Å². The Hall–Kier alpha value is -2.07. The highest BCUT2D eigenvalue weighted by molar-refractivity contribution is 7.80. The van der Waals surface area contributed by atoms with Crippen LogP contribution in [0, 0.1) is 5.92 Å². The van der Waals surface area contributed by atoms with Crippen molar-refractivity contribution in [3.63, 3.8) is 0 Å². The Labute approximate surface area is 140 Å². The van der Waals surface area contributed by atoms with Crippen LogP contribution < -0.4 is 10.6 Å². The number of esters is 1. The van der Waals surface area contributed by atoms with E-state index in [4.69, 9.17) is 17.0 Å². The third-order valence-corrected chi connectivity index (χ3v) is 3.82. The largest absolute Gasteiger partial charge is 0.508 e. The number of hydrogen-bond donors (Lipinski definition) is 4. The van der Waals surface area contributed by atoms with Crippen LogP contribution in [0.15, 0.2) is 24.3 Å². The van der Waals surface area contributed by atoms with Crippen LogP contribution in [0.4, 0.5) is 13.2 Å². The molecule has 0 radical (unpaired) electrons. The second-order valence-electron chi connectivity index (χ2n) is 5.16. The molecule has 10 heteroatoms. The molecule has 0 bridgehead atoms. The van der Waals surface area contributed by atoms with Gasteiger partial charge in [0.25, 0.3) is 5.72 Å². The summed E-state index contributed by atoms with van der Waals surface area (Å²) in [4.78, 5) is 12.2. The maximum atomic E-state index is 13.5. The predicted octanol–water partition coefficient (Wildman–Crippen LogP) is 1.34. The second-order valence-corrected chi connectivity index (χ2v) is 5.57. The van der Waals surface area contributed by atoms with E-state index in [-0.39, 0.29) is 17.9 Å². The second kappa shape index (κ2) is 6.44. The zero-order chi connectivity index (χ0) is 18.1. The molecule has 2 rings (SSSR count). The van der Waals surface area contributed by atoms with Crippen LogP contribution in [0.2, 0.25) is 0 Å². The minimum Gasteiger partial charge on any atom is -0.508 e. The van der Waals surface area contributed by atoms with Gasteiger partial charge in [-0.15, -0.1) is 0 Å². The van der Waals surface area contributed by atoms with Crippen molar-refractivity contribution in [1.29, 1.82) is 0 Å². The van der Waals surface area contributed by atoms with E-state index in [9.17, 15) is 28.2 Å². The predicted molar refractivity (Wildman–Crippen MR) is 80.8 cm³/mol. The van der Waals surface area contributed by atoms with Gasteiger partial charge in [-0.2, -0.15) is 13.2 Å². The highest BCUT2D eigenvalue weighted by Gasteiger charge is 2.66. The zero-order valence-corrected chi connectivity index (χ0v) is 13.2. The number of carbonyl (C=O) groups is 1. The third kappa shape index (κ3) is 3.24. The summed E-state index contributed by atoms with van der Waals surface area (Å²) in [6.07, 6.45) is -5.19. The van der Waals surface area contributed by atoms with E-state index >= 15 is 0 Å². The van der Waals surface area contributed by atoms with Gasteiger partial charge in [0.05, 0.1) is 12.6 Å². The number of ether oxygens (including phenoxy) is 1. The molecule has 24 heavy (non-hydrogen) atoms. The lowest BCUT2D eigenvalue weighted by Gasteiger charge is -2.45. The van der Waals surface area contributed by atoms with Crippen molar-refractivity contribution >= 4 is 23.3 Å². The minimum atomic E-state index is -5.19. The maximum Gasteiger partial charge on any atom is 0.437 e. The van der Waals surface area contributed by atoms with Crippen LogP contribution in [-0.2, 0) is 9.53 Å². The molecule has 0 aromatic heterocycles. The molecule has 0 spiro atoms. The van der Waals surface area contributed by atoms with Gasteiger partial charge < -0.3 is 25.6 Å². The highest BCUT2D eigenvalue weighted by Crippen LogP contribution is 2.43. The molecule has 0 amide bonds. The number of thiocarbonyl (C=S) groups is 1. The summed E-state index contributed by atoms with van der Waals surface area (Å²) >= 11 is 4.75. The number of aromatic hydroxyl groups is 1. The number of hydrogen-bond acceptors (Lipinski definition) is 5. The van der Waals surface area contributed by atoms with Crippen molar-refractivity contribution < 1.29 is 32.9 Å². The fraction of sp³-hybridized carbons (Fsp3) is 0.429. The first kappa shape index (κ1) is 18.3. The van der Waals surface area contributed by atoms with Crippen molar-refractivity contribution in [1.82, 2.24) is 10.6 Å². The molecular formula is C14H15F3N2O4S. The average molecular weight is 364 g/mol. The van der Waals surface area contributed by atoms with Crippen LogP contribution in [0.5, 0.6) is 5.75 Å². The first-order chi connectivity index (χ1) is 11.1. The van der Waals surface area contributed by atoms with E-state index < -0.39 is 34.9 Å². The van der Waals surface area contributed by atoms with Gasteiger partial charge in [-0.1, -0.05) is 12.1 Å². The Balaban J connectivity index is 2.55. The molecule has 132 valence electrons. The third-order valence-electron chi connectivity index (χ3n) is 3.60. The summed E-state index contributed by atoms with van der Waals surface area (Å²) in [5.74, 6) is -3.39. The summed E-state index contributed by atoms with van der Waals surface area (Å²) in [6.45, 7) is 1.28. The number of phenols is 1. The average Bonchev–Trinajstić information content (AvgIpc) is 2.46. The van der Waals surface area contributed by atoms with Crippen LogP contribution in [0.25, 0.3) is 0 Å². The molecule has 1 aliphatic heterocycles. The molecule has 1 saturated heterocycles. The number of halogens is 3. The summed E-state index contributed by atoms with van der Waals surface area (Å²) in [5, 5.41) is 23.3. The Morgan fingerprint density at radius 2 is 1.96 bits per heavy atom. The SMILES string of the molecule is CCOC(=O)[C@@H]1[C@H](c2ccc(O)cc2)NC(=S)N[C@]1(O)C(F)(F)F. The molecular weight excluding hydrogens is 349 g/mol. The number of carbonyl (C=O) groups excluding carboxylic acids is 1. The number of nitrogens with one attached hydrogen (secondary N) is 2. The van der Waals surface area contributed by atoms with E-state index in [1.807, 2.05) is 0 Å². The van der Waals surface area contributed by atoms with Gasteiger partial charge in [-0.3, -0.25) is 4.79 Å². The molecule has 0 saturated carbocycles. The number of benzene rings is 1. The van der Waals surface area contributed by atoms with Gasteiger partial charge in [0.15, 0.2) is 5.11 Å². The van der Waals surface area contributed by atoms with Gasteiger partial charge in [0.2, 0.25) is 0 Å². The van der Waals surface area contributed by atoms with E-state index in [2.05, 4.69) is 5.32 Å². The highest BCUT2D eigenvalue weighted by atomic mass is 32.1. The Kier molecular flexibility index (Phi) is 4.90. The van der Waals surface area contributed by atoms with Crippen LogP contribution in [0.1, 0.15) is 18.5 Å². The summed E-state index contributed by atoms with van der Waals surface area (Å²) in [7, 11) is 0. The number of phenolic OH excluding ortho intramolecular Hbond substituents is 1. The molecule has 1 heterocycles. The number of rotatable bonds is 3. The summed E-state index contributed by atoms with van der Waals surface area (Å²) in [6, 6.07) is 3.84. The van der Waals surface area contributed by atoms with Crippen molar-refractivity contribution in [3.05, 3.63) is 29.8 Å². The van der Waals surface area contributed by atoms with Crippen LogP contribution >= 0.6 is 12.2 Å². The van der Waals surface area contributed by atoms with Gasteiger partial charge in [-0.05, 0) is 36.8 Å². The Morgan fingerprint density at radius 3 is 2.46 bits per heavy atom. The summed E-state index contributed by atoms with van der Waals surface area (Å²) in [5.41, 5.74) is -3.37. The first-order valence-corrected chi connectivity index (χ1v) is 7.34. The Bertz CT molecular complexity index is 638. The fourth-order valence-corrected chi connectivity index (χ4v) is 2.78. The lowest BCUT2D eigenvalue weighted by molar-refractivity contribution is -0.292. The van der Waals surface area contributed by atoms with Gasteiger partial charge in [0, 0.05) is 0 Å². The standard InChI is InChI=1S/C14H15F3N2O4S/c1-2-23-11(21)9-10(7-3-5-8(20)6-4-7)18-12(24)19-13(9,22)14(15,16)17/h3-6,9-10,20,22H,2H2,1H3,(H2,18,19,24)/t9-,10-,13+/m0/s1. The topological polar surface area (TPSA) is 90.8 Å². The molecule has 0 unspecified atom stereocenters. The van der Waals surface area contributed by atoms with Crippen molar-refractivity contribution in [2.24, 2.45) is 5.92 Å². The number of aliphatic hydroxyl groups is 1. The molecule has 1 aliphatic rings. The van der Waals surface area contributed by atoms with E-state index in [0.717, 1.165) is 0 Å². The van der Waals surface area contributed by atoms with E-state index in [1.54, 1.807) is 5.32 Å². The Morgan fingerprint density at radius 1 is 1.38 bits per heavy atom. The quantitative estimate of drug-likeness (QED) is 0.475. The van der Waals surface area contributed by atoms with Gasteiger partial charge in [0.1, 0.15) is 11.7 Å². The molecule has 1 aromatic carbocycles. The van der Waals surface area contributed by atoms with Crippen LogP contribution in [-0.4, -0.2) is 39.8 Å². The molecule has 1 fully saturated rings. The van der Waals surface area contributed by atoms with E-state index in [1.165, 1.54) is 31.2 Å². The molecule has 1 aromatic rings. The van der Waals surface area contributed by atoms with Gasteiger partial charge >= 0.3 is 12.1 Å². The van der Waals surface area contributed by atoms with Crippen molar-refractivity contribution in [2.75, 3.05) is 6.61 Å². The summed E-state index contributed by atoms with van der Waals surface area (Å²) < 4.78 is 45.1. The van der Waals surface area contributed by atoms with E-state index in [0.29, 0.717) is 0 Å². The molecule has 4 N–H and O–H groups in total. The molecule has 0 aliphatic carbocycles. The zero-order valence-electron chi connectivity index (χ0n) is 12.4. The van der Waals surface area contributed by atoms with Crippen molar-refractivity contribution in [2.45, 2.75) is 24.9 Å². The molecule has 3 atom stereocenters. The smallest absolute Gasteiger partial charge is 0.437 e. The maximum absolute atomic E-state index is 13.5.